The van der Waals surface area contributed by atoms with Gasteiger partial charge in [-0.25, -0.2) is 4.39 Å². The van der Waals surface area contributed by atoms with Crippen LogP contribution >= 0.6 is 0 Å². The molecule has 0 radical (unpaired) electrons. The van der Waals surface area contributed by atoms with Gasteiger partial charge in [0.2, 0.25) is 5.91 Å². The van der Waals surface area contributed by atoms with E-state index in [0.717, 1.165) is 36.9 Å². The van der Waals surface area contributed by atoms with Crippen LogP contribution in [0.5, 0.6) is 0 Å². The minimum atomic E-state index is -0.291. The van der Waals surface area contributed by atoms with Crippen LogP contribution in [0.4, 0.5) is 10.1 Å². The van der Waals surface area contributed by atoms with E-state index >= 15 is 0 Å². The van der Waals surface area contributed by atoms with Crippen molar-refractivity contribution in [1.82, 2.24) is 4.98 Å². The van der Waals surface area contributed by atoms with E-state index in [0.29, 0.717) is 6.54 Å². The van der Waals surface area contributed by atoms with Gasteiger partial charge in [-0.05, 0) is 48.7 Å². The Morgan fingerprint density at radius 2 is 1.87 bits per heavy atom. The van der Waals surface area contributed by atoms with Gasteiger partial charge in [0, 0.05) is 24.0 Å². The first-order valence-electron chi connectivity index (χ1n) is 8.20. The maximum atomic E-state index is 13.2. The number of carbonyl (C=O) groups excluding carboxylic acids is 1. The molecule has 0 spiro atoms. The molecular weight excluding hydrogens is 291 g/mol. The van der Waals surface area contributed by atoms with Crippen LogP contribution in [-0.2, 0) is 11.3 Å². The van der Waals surface area contributed by atoms with Crippen molar-refractivity contribution in [2.75, 3.05) is 4.90 Å². The van der Waals surface area contributed by atoms with Crippen LogP contribution in [0.1, 0.15) is 37.7 Å². The molecule has 0 bridgehead atoms. The molecule has 1 aliphatic rings. The molecule has 0 N–H and O–H groups in total. The minimum Gasteiger partial charge on any atom is -0.308 e. The van der Waals surface area contributed by atoms with Gasteiger partial charge in [-0.3, -0.25) is 9.78 Å². The Morgan fingerprint density at radius 3 is 2.52 bits per heavy atom. The lowest BCUT2D eigenvalue weighted by molar-refractivity contribution is -0.123. The summed E-state index contributed by atoms with van der Waals surface area (Å²) < 4.78 is 13.2. The highest BCUT2D eigenvalue weighted by Gasteiger charge is 2.27. The van der Waals surface area contributed by atoms with Crippen LogP contribution in [-0.4, -0.2) is 10.9 Å². The molecular formula is C19H21FN2O. The fourth-order valence-corrected chi connectivity index (χ4v) is 3.16. The van der Waals surface area contributed by atoms with Crippen molar-refractivity contribution < 1.29 is 9.18 Å². The summed E-state index contributed by atoms with van der Waals surface area (Å²) in [6, 6.07) is 9.97. The Bertz CT molecular complexity index is 636. The highest BCUT2D eigenvalue weighted by Crippen LogP contribution is 2.28. The zero-order valence-corrected chi connectivity index (χ0v) is 13.1. The van der Waals surface area contributed by atoms with Gasteiger partial charge in [0.25, 0.3) is 0 Å². The predicted octanol–water partition coefficient (Wildman–Crippen LogP) is 4.33. The van der Waals surface area contributed by atoms with Crippen LogP contribution in [0.3, 0.4) is 0 Å². The molecule has 3 nitrogen and oxygen atoms in total. The second-order valence-corrected chi connectivity index (χ2v) is 6.10. The van der Waals surface area contributed by atoms with Crippen LogP contribution in [0, 0.1) is 11.7 Å². The summed E-state index contributed by atoms with van der Waals surface area (Å²) in [5.74, 6) is -0.0779. The number of hydrogen-bond acceptors (Lipinski definition) is 2. The first kappa shape index (κ1) is 15.7. The number of carbonyl (C=O) groups is 1. The van der Waals surface area contributed by atoms with Gasteiger partial charge >= 0.3 is 0 Å². The molecule has 3 rings (SSSR count). The number of benzene rings is 1. The smallest absolute Gasteiger partial charge is 0.230 e. The normalized spacial score (nSPS) is 15.3. The summed E-state index contributed by atoms with van der Waals surface area (Å²) in [7, 11) is 0. The summed E-state index contributed by atoms with van der Waals surface area (Å²) in [4.78, 5) is 18.9. The molecule has 1 aromatic carbocycles. The maximum absolute atomic E-state index is 13.2. The van der Waals surface area contributed by atoms with Crippen molar-refractivity contribution in [3.63, 3.8) is 0 Å². The third kappa shape index (κ3) is 3.95. The average Bonchev–Trinajstić information content (AvgIpc) is 2.62. The second kappa shape index (κ2) is 7.36. The van der Waals surface area contributed by atoms with Crippen LogP contribution < -0.4 is 4.90 Å². The fraction of sp³-hybridized carbons (Fsp3) is 0.368. The largest absolute Gasteiger partial charge is 0.308 e. The number of nitrogens with zero attached hydrogens (tertiary/aromatic N) is 2. The molecule has 0 aliphatic heterocycles. The molecule has 1 saturated carbocycles. The molecule has 1 aliphatic carbocycles. The van der Waals surface area contributed by atoms with E-state index in [2.05, 4.69) is 4.98 Å². The number of pyridine rings is 1. The van der Waals surface area contributed by atoms with E-state index in [4.69, 9.17) is 0 Å². The van der Waals surface area contributed by atoms with Crippen LogP contribution in [0.15, 0.2) is 48.8 Å². The van der Waals surface area contributed by atoms with E-state index in [1.807, 2.05) is 12.1 Å². The Kier molecular flexibility index (Phi) is 5.01. The maximum Gasteiger partial charge on any atom is 0.230 e. The predicted molar refractivity (Wildman–Crippen MR) is 88.4 cm³/mol. The van der Waals surface area contributed by atoms with Gasteiger partial charge in [0.05, 0.1) is 6.54 Å². The topological polar surface area (TPSA) is 33.2 Å². The Hall–Kier alpha value is -2.23. The lowest BCUT2D eigenvalue weighted by Gasteiger charge is -2.29. The highest BCUT2D eigenvalue weighted by molar-refractivity contribution is 5.95. The van der Waals surface area contributed by atoms with Crippen molar-refractivity contribution in [1.29, 1.82) is 0 Å². The molecule has 0 atom stereocenters. The molecule has 0 unspecified atom stereocenters. The molecule has 4 heteroatoms. The number of rotatable bonds is 4. The van der Waals surface area contributed by atoms with Crippen molar-refractivity contribution in [2.24, 2.45) is 5.92 Å². The van der Waals surface area contributed by atoms with Crippen molar-refractivity contribution in [3.05, 3.63) is 60.2 Å². The summed E-state index contributed by atoms with van der Waals surface area (Å²) >= 11 is 0. The van der Waals surface area contributed by atoms with Crippen molar-refractivity contribution in [2.45, 2.75) is 38.6 Å². The fourth-order valence-electron chi connectivity index (χ4n) is 3.16. The zero-order chi connectivity index (χ0) is 16.1. The van der Waals surface area contributed by atoms with Gasteiger partial charge in [-0.2, -0.15) is 0 Å². The number of hydrogen-bond donors (Lipinski definition) is 0. The Balaban J connectivity index is 1.85. The highest BCUT2D eigenvalue weighted by atomic mass is 19.1. The lowest BCUT2D eigenvalue weighted by atomic mass is 9.88. The first-order valence-corrected chi connectivity index (χ1v) is 8.20. The molecule has 2 aromatic rings. The Labute approximate surface area is 136 Å². The number of aromatic nitrogens is 1. The number of amides is 1. The van der Waals surface area contributed by atoms with Gasteiger partial charge in [-0.15, -0.1) is 0 Å². The number of halogens is 1. The standard InChI is InChI=1S/C19H21FN2O/c20-17-8-10-18(11-9-17)22(14-15-5-4-12-21-13-15)19(23)16-6-2-1-3-7-16/h4-5,8-13,16H,1-3,6-7,14H2. The molecule has 1 fully saturated rings. The summed E-state index contributed by atoms with van der Waals surface area (Å²) in [6.07, 6.45) is 8.82. The van der Waals surface area contributed by atoms with Gasteiger partial charge in [-0.1, -0.05) is 25.3 Å². The molecule has 1 heterocycles. The Morgan fingerprint density at radius 1 is 1.13 bits per heavy atom. The van der Waals surface area contributed by atoms with Crippen molar-refractivity contribution in [3.8, 4) is 0 Å². The van der Waals surface area contributed by atoms with E-state index < -0.39 is 0 Å². The quantitative estimate of drug-likeness (QED) is 0.841. The van der Waals surface area contributed by atoms with Crippen LogP contribution in [0.25, 0.3) is 0 Å². The van der Waals surface area contributed by atoms with E-state index in [1.54, 1.807) is 29.4 Å². The number of anilines is 1. The molecule has 120 valence electrons. The van der Waals surface area contributed by atoms with Gasteiger partial charge < -0.3 is 4.90 Å². The monoisotopic (exact) mass is 312 g/mol. The van der Waals surface area contributed by atoms with Crippen LogP contribution in [0.2, 0.25) is 0 Å². The van der Waals surface area contributed by atoms with Gasteiger partial charge in [0.15, 0.2) is 0 Å². The second-order valence-electron chi connectivity index (χ2n) is 6.10. The molecule has 0 saturated heterocycles. The zero-order valence-electron chi connectivity index (χ0n) is 13.1. The third-order valence-corrected chi connectivity index (χ3v) is 4.42. The summed E-state index contributed by atoms with van der Waals surface area (Å²) in [6.45, 7) is 0.467. The molecule has 1 amide bonds. The van der Waals surface area contributed by atoms with E-state index in [1.165, 1.54) is 18.6 Å². The van der Waals surface area contributed by atoms with E-state index in [9.17, 15) is 9.18 Å². The minimum absolute atomic E-state index is 0.0745. The average molecular weight is 312 g/mol. The molecule has 1 aromatic heterocycles. The summed E-state index contributed by atoms with van der Waals surface area (Å²) in [5.41, 5.74) is 1.71. The SMILES string of the molecule is O=C(C1CCCCC1)N(Cc1cccnc1)c1ccc(F)cc1. The van der Waals surface area contributed by atoms with Gasteiger partial charge in [0.1, 0.15) is 5.82 Å². The first-order chi connectivity index (χ1) is 11.2. The summed E-state index contributed by atoms with van der Waals surface area (Å²) in [5, 5.41) is 0. The van der Waals surface area contributed by atoms with E-state index in [-0.39, 0.29) is 17.6 Å². The molecule has 23 heavy (non-hydrogen) atoms. The van der Waals surface area contributed by atoms with Crippen molar-refractivity contribution >= 4 is 11.6 Å². The third-order valence-electron chi connectivity index (χ3n) is 4.42. The lowest BCUT2D eigenvalue weighted by Crippen LogP contribution is -2.36.